The van der Waals surface area contributed by atoms with Crippen molar-refractivity contribution in [2.24, 2.45) is 16.2 Å². The normalized spacial score (nSPS) is 19.7. The molecule has 12 nitrogen and oxygen atoms in total. The molecule has 6 N–H and O–H groups in total. The minimum absolute atomic E-state index is 0.00440. The highest BCUT2D eigenvalue weighted by atomic mass is 16.7. The maximum atomic E-state index is 10.7. The van der Waals surface area contributed by atoms with E-state index in [1.165, 1.54) is 0 Å². The number of hydrogen-bond acceptors (Lipinski definition) is 10. The molecule has 2 aromatic rings. The average molecular weight is 861 g/mol. The molecule has 1 spiro atoms. The topological polar surface area (TPSA) is 192 Å². The third-order valence-electron chi connectivity index (χ3n) is 11.2. The SMILES string of the molecule is CC(C)(CO)C1OCC2(CO1)COC(C(C)(C)CO)OC2.CCCCc1cc(CCC(=O)O)cc(C(C)(C)C)c1O.CCCCc1cc(CCC(=O)O)cc(C(C)(C)C)c1O. The summed E-state index contributed by atoms with van der Waals surface area (Å²) >= 11 is 0. The Kier molecular flexibility index (Phi) is 20.7. The van der Waals surface area contributed by atoms with E-state index in [1.54, 1.807) is 0 Å². The van der Waals surface area contributed by atoms with Gasteiger partial charge in [0.2, 0.25) is 0 Å². The number of aliphatic hydroxyl groups is 2. The number of benzene rings is 2. The Bertz CT molecular complexity index is 1540. The molecule has 2 fully saturated rings. The monoisotopic (exact) mass is 861 g/mol. The van der Waals surface area contributed by atoms with Crippen LogP contribution >= 0.6 is 0 Å². The van der Waals surface area contributed by atoms with Crippen LogP contribution in [-0.2, 0) is 65.0 Å². The van der Waals surface area contributed by atoms with E-state index >= 15 is 0 Å². The predicted octanol–water partition coefficient (Wildman–Crippen LogP) is 8.85. The highest BCUT2D eigenvalue weighted by Crippen LogP contribution is 2.39. The summed E-state index contributed by atoms with van der Waals surface area (Å²) in [6, 6.07) is 7.83. The average Bonchev–Trinajstić information content (AvgIpc) is 3.19. The molecule has 2 saturated heterocycles. The molecular weight excluding hydrogens is 781 g/mol. The van der Waals surface area contributed by atoms with E-state index in [4.69, 9.17) is 29.2 Å². The zero-order valence-corrected chi connectivity index (χ0v) is 39.4. The molecule has 61 heavy (non-hydrogen) atoms. The van der Waals surface area contributed by atoms with Crippen LogP contribution in [-0.4, -0.2) is 94.8 Å². The number of rotatable bonds is 16. The van der Waals surface area contributed by atoms with E-state index in [0.717, 1.165) is 71.9 Å². The molecule has 0 atom stereocenters. The highest BCUT2D eigenvalue weighted by Gasteiger charge is 2.47. The van der Waals surface area contributed by atoms with E-state index in [9.17, 15) is 30.0 Å². The van der Waals surface area contributed by atoms with Gasteiger partial charge in [-0.2, -0.15) is 0 Å². The first kappa shape index (κ1) is 53.9. The lowest BCUT2D eigenvalue weighted by atomic mass is 9.83. The number of carboxylic acid groups (broad SMARTS) is 2. The van der Waals surface area contributed by atoms with Gasteiger partial charge in [0, 0.05) is 23.7 Å². The number of carbonyl (C=O) groups is 2. The lowest BCUT2D eigenvalue weighted by Crippen LogP contribution is -2.56. The van der Waals surface area contributed by atoms with Gasteiger partial charge in [-0.05, 0) is 82.7 Å². The van der Waals surface area contributed by atoms with E-state index < -0.39 is 35.3 Å². The minimum atomic E-state index is -0.787. The maximum Gasteiger partial charge on any atom is 0.303 e. The molecule has 0 aromatic heterocycles. The van der Waals surface area contributed by atoms with Crippen LogP contribution in [0.25, 0.3) is 0 Å². The number of aromatic hydroxyl groups is 2. The third-order valence-corrected chi connectivity index (χ3v) is 11.2. The minimum Gasteiger partial charge on any atom is -0.507 e. The molecule has 4 rings (SSSR count). The van der Waals surface area contributed by atoms with Crippen LogP contribution in [0.5, 0.6) is 11.5 Å². The quantitative estimate of drug-likeness (QED) is 0.0941. The molecule has 0 saturated carbocycles. The van der Waals surface area contributed by atoms with Crippen molar-refractivity contribution in [2.45, 2.75) is 171 Å². The van der Waals surface area contributed by atoms with Gasteiger partial charge in [-0.3, -0.25) is 9.59 Å². The summed E-state index contributed by atoms with van der Waals surface area (Å²) in [6.45, 7) is 26.2. The fourth-order valence-electron chi connectivity index (χ4n) is 6.98. The van der Waals surface area contributed by atoms with Gasteiger partial charge in [0.05, 0.1) is 45.1 Å². The van der Waals surface area contributed by atoms with Gasteiger partial charge in [0.15, 0.2) is 12.6 Å². The van der Waals surface area contributed by atoms with Gasteiger partial charge in [-0.15, -0.1) is 0 Å². The molecule has 12 heteroatoms. The van der Waals surface area contributed by atoms with Gasteiger partial charge in [-0.1, -0.05) is 120 Å². The largest absolute Gasteiger partial charge is 0.507 e. The van der Waals surface area contributed by atoms with Gasteiger partial charge in [0.25, 0.3) is 0 Å². The summed E-state index contributed by atoms with van der Waals surface area (Å²) in [5.41, 5.74) is 4.25. The Morgan fingerprint density at radius 2 is 0.885 bits per heavy atom. The second-order valence-corrected chi connectivity index (χ2v) is 20.5. The van der Waals surface area contributed by atoms with Crippen molar-refractivity contribution in [1.29, 1.82) is 0 Å². The number of carboxylic acids is 2. The molecular formula is C49H80O12. The summed E-state index contributed by atoms with van der Waals surface area (Å²) in [4.78, 5) is 21.5. The zero-order chi connectivity index (χ0) is 46.4. The van der Waals surface area contributed by atoms with Crippen molar-refractivity contribution >= 4 is 11.9 Å². The summed E-state index contributed by atoms with van der Waals surface area (Å²) in [5.74, 6) is -0.814. The van der Waals surface area contributed by atoms with E-state index in [1.807, 2.05) is 52.0 Å². The molecule has 0 bridgehead atoms. The molecule has 2 heterocycles. The molecule has 2 aliphatic heterocycles. The van der Waals surface area contributed by atoms with Crippen LogP contribution < -0.4 is 0 Å². The number of phenols is 2. The summed E-state index contributed by atoms with van der Waals surface area (Å²) in [6.07, 6.45) is 6.32. The van der Waals surface area contributed by atoms with Crippen LogP contribution in [0.15, 0.2) is 24.3 Å². The van der Waals surface area contributed by atoms with Crippen molar-refractivity contribution in [3.63, 3.8) is 0 Å². The van der Waals surface area contributed by atoms with E-state index in [-0.39, 0.29) is 42.3 Å². The first-order valence-electron chi connectivity index (χ1n) is 22.1. The Labute approximate surface area is 366 Å². The van der Waals surface area contributed by atoms with Crippen molar-refractivity contribution in [2.75, 3.05) is 39.6 Å². The fourth-order valence-corrected chi connectivity index (χ4v) is 6.98. The lowest BCUT2D eigenvalue weighted by Gasteiger charge is -2.48. The van der Waals surface area contributed by atoms with Gasteiger partial charge in [-0.25, -0.2) is 0 Å². The first-order valence-corrected chi connectivity index (χ1v) is 22.1. The van der Waals surface area contributed by atoms with Crippen LogP contribution in [0.2, 0.25) is 0 Å². The first-order chi connectivity index (χ1) is 28.3. The summed E-state index contributed by atoms with van der Waals surface area (Å²) < 4.78 is 23.1. The maximum absolute atomic E-state index is 10.7. The molecule has 0 unspecified atom stereocenters. The van der Waals surface area contributed by atoms with E-state index in [2.05, 4.69) is 55.4 Å². The standard InChI is InChI=1S/2C17H26O3.C15H28O6/c2*1-5-6-7-13-10-12(8-9-15(18)19)11-14(16(13)20)17(2,3)4;1-13(2,5-16)11-18-7-15(8-19-11)9-20-12(21-10-15)14(3,4)6-17/h2*10-11,20H,5-9H2,1-4H3,(H,18,19);11-12,16-17H,5-10H2,1-4H3. The number of aryl methyl sites for hydroxylation is 4. The Hall–Kier alpha value is -3.26. The smallest absolute Gasteiger partial charge is 0.303 e. The molecule has 2 aromatic carbocycles. The Morgan fingerprint density at radius 1 is 0.574 bits per heavy atom. The van der Waals surface area contributed by atoms with Crippen molar-refractivity contribution in [3.8, 4) is 11.5 Å². The van der Waals surface area contributed by atoms with Crippen molar-refractivity contribution in [3.05, 3.63) is 57.6 Å². The number of phenolic OH excluding ortho intramolecular Hbond substituents is 2. The fraction of sp³-hybridized carbons (Fsp3) is 0.714. The third kappa shape index (κ3) is 16.8. The summed E-state index contributed by atoms with van der Waals surface area (Å²) in [5, 5.41) is 57.2. The lowest BCUT2D eigenvalue weighted by molar-refractivity contribution is -0.337. The molecule has 0 radical (unpaired) electrons. The predicted molar refractivity (Wildman–Crippen MR) is 238 cm³/mol. The number of ether oxygens (including phenoxy) is 4. The number of aliphatic hydroxyl groups excluding tert-OH is 2. The second-order valence-electron chi connectivity index (χ2n) is 20.5. The van der Waals surface area contributed by atoms with Crippen molar-refractivity contribution in [1.82, 2.24) is 0 Å². The number of hydrogen-bond donors (Lipinski definition) is 6. The Balaban J connectivity index is 0.000000315. The van der Waals surface area contributed by atoms with Crippen LogP contribution in [0.1, 0.15) is 155 Å². The molecule has 0 amide bonds. The van der Waals surface area contributed by atoms with Crippen molar-refractivity contribution < 1.29 is 59.2 Å². The highest BCUT2D eigenvalue weighted by molar-refractivity contribution is 5.67. The number of unbranched alkanes of at least 4 members (excludes halogenated alkanes) is 2. The van der Waals surface area contributed by atoms with Gasteiger partial charge < -0.3 is 49.6 Å². The van der Waals surface area contributed by atoms with Gasteiger partial charge in [0.1, 0.15) is 11.5 Å². The Morgan fingerprint density at radius 3 is 1.13 bits per heavy atom. The van der Waals surface area contributed by atoms with Gasteiger partial charge >= 0.3 is 11.9 Å². The zero-order valence-electron chi connectivity index (χ0n) is 39.4. The molecule has 2 aliphatic rings. The molecule has 0 aliphatic carbocycles. The second kappa shape index (κ2) is 23.4. The molecule has 348 valence electrons. The van der Waals surface area contributed by atoms with Crippen LogP contribution in [0, 0.1) is 16.2 Å². The van der Waals surface area contributed by atoms with E-state index in [0.29, 0.717) is 50.8 Å². The van der Waals surface area contributed by atoms with Crippen LogP contribution in [0.4, 0.5) is 0 Å². The van der Waals surface area contributed by atoms with Crippen LogP contribution in [0.3, 0.4) is 0 Å². The summed E-state index contributed by atoms with van der Waals surface area (Å²) in [7, 11) is 0. The number of aliphatic carboxylic acids is 2.